The van der Waals surface area contributed by atoms with Crippen molar-refractivity contribution in [2.75, 3.05) is 0 Å². The number of fused-ring (bicyclic) bond motifs is 1. The summed E-state index contributed by atoms with van der Waals surface area (Å²) in [6.07, 6.45) is 1.16. The summed E-state index contributed by atoms with van der Waals surface area (Å²) in [6, 6.07) is 10.3. The molecule has 2 atom stereocenters. The minimum atomic E-state index is -3.94. The molecule has 0 saturated carbocycles. The van der Waals surface area contributed by atoms with Crippen LogP contribution in [-0.4, -0.2) is 41.2 Å². The van der Waals surface area contributed by atoms with Crippen LogP contribution in [0.25, 0.3) is 10.9 Å². The Balaban J connectivity index is 1.96. The van der Waals surface area contributed by atoms with Gasteiger partial charge in [-0.3, -0.25) is 4.79 Å². The topological polar surface area (TPSA) is 115 Å². The van der Waals surface area contributed by atoms with Crippen LogP contribution in [-0.2, 0) is 26.0 Å². The van der Waals surface area contributed by atoms with Crippen molar-refractivity contribution in [1.82, 2.24) is 9.29 Å². The minimum Gasteiger partial charge on any atom is -0.481 e. The second-order valence-corrected chi connectivity index (χ2v) is 12.5. The number of rotatable bonds is 8. The third-order valence-corrected chi connectivity index (χ3v) is 8.08. The van der Waals surface area contributed by atoms with Crippen molar-refractivity contribution < 1.29 is 27.9 Å². The largest absolute Gasteiger partial charge is 0.481 e. The van der Waals surface area contributed by atoms with Crippen LogP contribution in [0.1, 0.15) is 56.4 Å². The molecule has 37 heavy (non-hydrogen) atoms. The van der Waals surface area contributed by atoms with Crippen molar-refractivity contribution in [3.8, 4) is 0 Å². The summed E-state index contributed by atoms with van der Waals surface area (Å²) in [5.41, 5.74) is 2.71. The van der Waals surface area contributed by atoms with Crippen LogP contribution >= 0.6 is 0 Å². The summed E-state index contributed by atoms with van der Waals surface area (Å²) in [4.78, 5) is 24.5. The number of para-hydroxylation sites is 1. The maximum Gasteiger partial charge on any atom is 0.407 e. The molecule has 1 aromatic heterocycles. The first-order valence-electron chi connectivity index (χ1n) is 12.2. The van der Waals surface area contributed by atoms with Gasteiger partial charge in [0.15, 0.2) is 0 Å². The summed E-state index contributed by atoms with van der Waals surface area (Å²) in [5.74, 6) is -1.88. The van der Waals surface area contributed by atoms with E-state index in [1.54, 1.807) is 65.8 Å². The van der Waals surface area contributed by atoms with Crippen LogP contribution < -0.4 is 5.32 Å². The third-order valence-electron chi connectivity index (χ3n) is 6.10. The highest BCUT2D eigenvalue weighted by Crippen LogP contribution is 2.31. The normalized spacial score (nSPS) is 13.8. The number of nitrogens with zero attached hydrogens (tertiary/aromatic N) is 1. The molecule has 1 amide bonds. The molecule has 0 saturated heterocycles. The lowest BCUT2D eigenvalue weighted by Gasteiger charge is -2.23. The number of amides is 1. The van der Waals surface area contributed by atoms with Gasteiger partial charge in [0.05, 0.1) is 16.3 Å². The number of carboxylic acid groups (broad SMARTS) is 1. The van der Waals surface area contributed by atoms with E-state index >= 15 is 0 Å². The van der Waals surface area contributed by atoms with Crippen molar-refractivity contribution in [1.29, 1.82) is 0 Å². The number of benzene rings is 2. The van der Waals surface area contributed by atoms with Gasteiger partial charge in [-0.15, -0.1) is 0 Å². The number of alkyl carbamates (subject to hydrolysis) is 1. The van der Waals surface area contributed by atoms with Gasteiger partial charge >= 0.3 is 12.1 Å². The third kappa shape index (κ3) is 6.52. The minimum absolute atomic E-state index is 0.102. The molecular weight excluding hydrogens is 492 g/mol. The summed E-state index contributed by atoms with van der Waals surface area (Å²) in [7, 11) is -3.94. The number of carbonyl (C=O) groups excluding carboxylic acids is 1. The van der Waals surface area contributed by atoms with Gasteiger partial charge in [-0.2, -0.15) is 0 Å². The quantitative estimate of drug-likeness (QED) is 0.407. The summed E-state index contributed by atoms with van der Waals surface area (Å²) in [6.45, 7) is 12.4. The zero-order valence-electron chi connectivity index (χ0n) is 22.5. The second-order valence-electron chi connectivity index (χ2n) is 10.7. The van der Waals surface area contributed by atoms with Gasteiger partial charge in [-0.05, 0) is 84.1 Å². The number of ether oxygens (including phenoxy) is 1. The van der Waals surface area contributed by atoms with Gasteiger partial charge in [0.1, 0.15) is 5.60 Å². The Morgan fingerprint density at radius 3 is 2.24 bits per heavy atom. The van der Waals surface area contributed by atoms with Crippen LogP contribution in [0.15, 0.2) is 47.5 Å². The summed E-state index contributed by atoms with van der Waals surface area (Å²) < 4.78 is 34.2. The highest BCUT2D eigenvalue weighted by atomic mass is 32.2. The first kappa shape index (κ1) is 28.2. The van der Waals surface area contributed by atoms with Crippen molar-refractivity contribution in [3.05, 3.63) is 64.8 Å². The average Bonchev–Trinajstić information content (AvgIpc) is 3.10. The Kier molecular flexibility index (Phi) is 8.07. The van der Waals surface area contributed by atoms with Crippen LogP contribution in [0, 0.1) is 26.7 Å². The standard InChI is InChI=1S/C28H36N2O6S/c1-17-12-18(2)25(19(3)13-17)37(34,35)30-16-22(23-10-8-9-11-24(23)30)15-21(26(31)32)14-20(4)29-27(33)36-28(5,6)7/h8-13,16,20-21H,14-15H2,1-7H3,(H,29,33)(H,31,32)/t20-,21-/m1/s1. The Morgan fingerprint density at radius 2 is 1.68 bits per heavy atom. The molecular formula is C28H36N2O6S. The molecule has 0 unspecified atom stereocenters. The molecule has 0 aliphatic carbocycles. The van der Waals surface area contributed by atoms with Gasteiger partial charge in [0.2, 0.25) is 0 Å². The Hall–Kier alpha value is -3.33. The molecule has 0 aliphatic rings. The molecule has 0 bridgehead atoms. The predicted octanol–water partition coefficient (Wildman–Crippen LogP) is 5.35. The number of aryl methyl sites for hydroxylation is 3. The molecule has 2 aromatic carbocycles. The van der Waals surface area contributed by atoms with Crippen LogP contribution in [0.4, 0.5) is 4.79 Å². The zero-order valence-corrected chi connectivity index (χ0v) is 23.3. The van der Waals surface area contributed by atoms with Gasteiger partial charge in [-0.1, -0.05) is 35.9 Å². The van der Waals surface area contributed by atoms with E-state index in [2.05, 4.69) is 5.32 Å². The van der Waals surface area contributed by atoms with Gasteiger partial charge in [0, 0.05) is 17.6 Å². The van der Waals surface area contributed by atoms with E-state index < -0.39 is 39.6 Å². The molecule has 0 fully saturated rings. The molecule has 0 spiro atoms. The number of aromatic nitrogens is 1. The maximum atomic E-state index is 13.8. The molecule has 1 heterocycles. The number of nitrogens with one attached hydrogen (secondary N) is 1. The molecule has 3 aromatic rings. The fourth-order valence-electron chi connectivity index (χ4n) is 4.78. The Morgan fingerprint density at radius 1 is 1.08 bits per heavy atom. The molecule has 3 rings (SSSR count). The number of carboxylic acids is 1. The van der Waals surface area contributed by atoms with Crippen LogP contribution in [0.2, 0.25) is 0 Å². The SMILES string of the molecule is Cc1cc(C)c(S(=O)(=O)n2cc(C[C@@H](C[C@@H](C)NC(=O)OC(C)(C)C)C(=O)O)c3ccccc32)c(C)c1. The van der Waals surface area contributed by atoms with E-state index in [1.165, 1.54) is 10.2 Å². The van der Waals surface area contributed by atoms with Crippen molar-refractivity contribution in [2.45, 2.75) is 77.8 Å². The number of carbonyl (C=O) groups is 2. The molecule has 0 aliphatic heterocycles. The molecule has 0 radical (unpaired) electrons. The lowest BCUT2D eigenvalue weighted by Crippen LogP contribution is -2.39. The monoisotopic (exact) mass is 528 g/mol. The van der Waals surface area contributed by atoms with E-state index in [9.17, 15) is 23.1 Å². The van der Waals surface area contributed by atoms with E-state index in [-0.39, 0.29) is 17.7 Å². The lowest BCUT2D eigenvalue weighted by atomic mass is 9.93. The molecule has 9 heteroatoms. The number of aliphatic carboxylic acids is 1. The maximum absolute atomic E-state index is 13.8. The smallest absolute Gasteiger partial charge is 0.407 e. The van der Waals surface area contributed by atoms with E-state index in [0.29, 0.717) is 27.6 Å². The fraction of sp³-hybridized carbons (Fsp3) is 0.429. The van der Waals surface area contributed by atoms with Gasteiger partial charge < -0.3 is 15.2 Å². The van der Waals surface area contributed by atoms with Crippen molar-refractivity contribution >= 4 is 33.0 Å². The number of hydrogen-bond donors (Lipinski definition) is 2. The lowest BCUT2D eigenvalue weighted by molar-refractivity contribution is -0.142. The van der Waals surface area contributed by atoms with E-state index in [4.69, 9.17) is 4.74 Å². The summed E-state index contributed by atoms with van der Waals surface area (Å²) >= 11 is 0. The first-order valence-corrected chi connectivity index (χ1v) is 13.7. The molecule has 200 valence electrons. The van der Waals surface area contributed by atoms with E-state index in [0.717, 1.165) is 5.56 Å². The zero-order chi connectivity index (χ0) is 27.7. The first-order chi connectivity index (χ1) is 17.1. The predicted molar refractivity (Wildman–Crippen MR) is 143 cm³/mol. The van der Waals surface area contributed by atoms with Crippen molar-refractivity contribution in [3.63, 3.8) is 0 Å². The number of hydrogen-bond acceptors (Lipinski definition) is 5. The van der Waals surface area contributed by atoms with Crippen LogP contribution in [0.3, 0.4) is 0 Å². The highest BCUT2D eigenvalue weighted by Gasteiger charge is 2.28. The molecule has 8 nitrogen and oxygen atoms in total. The van der Waals surface area contributed by atoms with Gasteiger partial charge in [0.25, 0.3) is 10.0 Å². The fourth-order valence-corrected chi connectivity index (χ4v) is 6.60. The molecule has 2 N–H and O–H groups in total. The summed E-state index contributed by atoms with van der Waals surface area (Å²) in [5, 5.41) is 13.3. The second kappa shape index (κ2) is 10.6. The Bertz CT molecular complexity index is 1410. The Labute approximate surface area is 218 Å². The van der Waals surface area contributed by atoms with E-state index in [1.807, 2.05) is 19.1 Å². The van der Waals surface area contributed by atoms with Crippen LogP contribution in [0.5, 0.6) is 0 Å². The highest BCUT2D eigenvalue weighted by molar-refractivity contribution is 7.90. The van der Waals surface area contributed by atoms with Crippen molar-refractivity contribution in [2.24, 2.45) is 5.92 Å². The van der Waals surface area contributed by atoms with Gasteiger partial charge in [-0.25, -0.2) is 17.2 Å². The average molecular weight is 529 g/mol.